The van der Waals surface area contributed by atoms with E-state index in [9.17, 15) is 10.1 Å². The molecule has 33 heavy (non-hydrogen) atoms. The molecule has 0 saturated heterocycles. The molecule has 3 heterocycles. The summed E-state index contributed by atoms with van der Waals surface area (Å²) in [6.45, 7) is 0. The van der Waals surface area contributed by atoms with Crippen molar-refractivity contribution < 1.29 is 4.92 Å². The van der Waals surface area contributed by atoms with Gasteiger partial charge in [-0.1, -0.05) is 57.6 Å². The van der Waals surface area contributed by atoms with Crippen LogP contribution in [0.5, 0.6) is 0 Å². The van der Waals surface area contributed by atoms with Crippen molar-refractivity contribution in [2.75, 3.05) is 0 Å². The number of H-pyrrole nitrogens is 1. The molecule has 10 heteroatoms. The van der Waals surface area contributed by atoms with Gasteiger partial charge in [0.2, 0.25) is 10.8 Å². The van der Waals surface area contributed by atoms with E-state index < -0.39 is 4.92 Å². The van der Waals surface area contributed by atoms with Crippen LogP contribution in [0.25, 0.3) is 49.1 Å². The van der Waals surface area contributed by atoms with Crippen LogP contribution in [-0.2, 0) is 0 Å². The molecule has 0 atom stereocenters. The van der Waals surface area contributed by atoms with Crippen molar-refractivity contribution in [3.63, 3.8) is 0 Å². The topological polar surface area (TPSA) is 102 Å². The minimum Gasteiger partial charge on any atom is -0.351 e. The minimum absolute atomic E-state index is 0.0409. The van der Waals surface area contributed by atoms with Crippen molar-refractivity contribution >= 4 is 48.8 Å². The van der Waals surface area contributed by atoms with Gasteiger partial charge >= 0.3 is 0 Å². The first-order chi connectivity index (χ1) is 16.1. The molecular weight excluding hydrogens is 504 g/mol. The summed E-state index contributed by atoms with van der Waals surface area (Å²) in [6.07, 6.45) is 0. The van der Waals surface area contributed by atoms with Gasteiger partial charge in [-0.2, -0.15) is 9.61 Å². The Morgan fingerprint density at radius 1 is 0.970 bits per heavy atom. The molecule has 160 valence electrons. The fourth-order valence-corrected chi connectivity index (χ4v) is 5.06. The molecule has 0 bridgehead atoms. The van der Waals surface area contributed by atoms with Crippen LogP contribution in [0.1, 0.15) is 0 Å². The van der Waals surface area contributed by atoms with Gasteiger partial charge in [0, 0.05) is 38.6 Å². The molecule has 1 N–H and O–H groups in total. The second-order valence-corrected chi connectivity index (χ2v) is 9.23. The first-order valence-corrected chi connectivity index (χ1v) is 11.5. The molecule has 3 aromatic heterocycles. The summed E-state index contributed by atoms with van der Waals surface area (Å²) in [4.78, 5) is 14.7. The predicted octanol–water partition coefficient (Wildman–Crippen LogP) is 6.34. The van der Waals surface area contributed by atoms with Crippen molar-refractivity contribution in [3.8, 4) is 33.2 Å². The van der Waals surface area contributed by atoms with Gasteiger partial charge in [-0.25, -0.2) is 0 Å². The quantitative estimate of drug-likeness (QED) is 0.217. The maximum absolute atomic E-state index is 11.0. The monoisotopic (exact) mass is 516 g/mol. The Kier molecular flexibility index (Phi) is 4.56. The summed E-state index contributed by atoms with van der Waals surface area (Å²) >= 11 is 4.96. The van der Waals surface area contributed by atoms with Gasteiger partial charge in [-0.05, 0) is 35.9 Å². The summed E-state index contributed by atoms with van der Waals surface area (Å²) in [5.41, 5.74) is 4.70. The maximum Gasteiger partial charge on any atom is 0.269 e. The lowest BCUT2D eigenvalue weighted by Crippen LogP contribution is -1.93. The fourth-order valence-electron chi connectivity index (χ4n) is 3.85. The second-order valence-electron chi connectivity index (χ2n) is 7.36. The van der Waals surface area contributed by atoms with E-state index in [1.165, 1.54) is 23.5 Å². The highest BCUT2D eigenvalue weighted by Gasteiger charge is 2.22. The number of aromatic amines is 1. The number of fused-ring (bicyclic) bond motifs is 2. The van der Waals surface area contributed by atoms with E-state index in [1.54, 1.807) is 16.6 Å². The van der Waals surface area contributed by atoms with Gasteiger partial charge in [0.05, 0.1) is 10.6 Å². The van der Waals surface area contributed by atoms with E-state index >= 15 is 0 Å². The number of non-ortho nitro benzene ring substituents is 1. The molecule has 0 spiro atoms. The highest BCUT2D eigenvalue weighted by atomic mass is 79.9. The lowest BCUT2D eigenvalue weighted by molar-refractivity contribution is -0.384. The third-order valence-electron chi connectivity index (χ3n) is 5.36. The van der Waals surface area contributed by atoms with E-state index in [-0.39, 0.29) is 5.69 Å². The van der Waals surface area contributed by atoms with Crippen LogP contribution in [0.3, 0.4) is 0 Å². The van der Waals surface area contributed by atoms with E-state index in [2.05, 4.69) is 49.3 Å². The smallest absolute Gasteiger partial charge is 0.269 e. The molecule has 0 aliphatic rings. The van der Waals surface area contributed by atoms with Gasteiger partial charge in [0.15, 0.2) is 0 Å². The average Bonchev–Trinajstić information content (AvgIpc) is 3.52. The standard InChI is InChI=1S/C23H13BrN6O2S/c24-15-8-11-18-17(12-15)19(13-4-2-1-3-5-13)20(25-18)21-26-27-23-29(21)28-22(33-23)14-6-9-16(10-7-14)30(31)32/h1-12,25H. The zero-order valence-corrected chi connectivity index (χ0v) is 19.2. The first-order valence-electron chi connectivity index (χ1n) is 9.92. The number of rotatable bonds is 4. The molecule has 8 nitrogen and oxygen atoms in total. The fraction of sp³-hybridized carbons (Fsp3) is 0. The SMILES string of the molecule is O=[N+]([O-])c1ccc(-c2nn3c(-c4[nH]c5ccc(Br)cc5c4-c4ccccc4)nnc3s2)cc1. The Balaban J connectivity index is 1.54. The van der Waals surface area contributed by atoms with Crippen LogP contribution >= 0.6 is 27.3 Å². The predicted molar refractivity (Wildman–Crippen MR) is 131 cm³/mol. The Bertz CT molecular complexity index is 1650. The van der Waals surface area contributed by atoms with Crippen LogP contribution in [0, 0.1) is 10.1 Å². The van der Waals surface area contributed by atoms with Crippen molar-refractivity contribution in [1.82, 2.24) is 24.8 Å². The summed E-state index contributed by atoms with van der Waals surface area (Å²) in [5, 5.41) is 26.2. The summed E-state index contributed by atoms with van der Waals surface area (Å²) in [7, 11) is 0. The largest absolute Gasteiger partial charge is 0.351 e. The molecule has 6 rings (SSSR count). The molecule has 0 saturated carbocycles. The van der Waals surface area contributed by atoms with Crippen LogP contribution in [0.4, 0.5) is 5.69 Å². The van der Waals surface area contributed by atoms with Gasteiger partial charge in [-0.3, -0.25) is 10.1 Å². The zero-order chi connectivity index (χ0) is 22.5. The number of nitrogens with zero attached hydrogens (tertiary/aromatic N) is 5. The lowest BCUT2D eigenvalue weighted by Gasteiger charge is -2.03. The van der Waals surface area contributed by atoms with Crippen molar-refractivity contribution in [2.45, 2.75) is 0 Å². The summed E-state index contributed by atoms with van der Waals surface area (Å²) < 4.78 is 2.70. The normalized spacial score (nSPS) is 11.4. The molecular formula is C23H13BrN6O2S. The molecule has 0 amide bonds. The average molecular weight is 517 g/mol. The van der Waals surface area contributed by atoms with E-state index in [4.69, 9.17) is 5.10 Å². The van der Waals surface area contributed by atoms with Crippen LogP contribution in [-0.4, -0.2) is 29.7 Å². The Hall–Kier alpha value is -3.89. The Morgan fingerprint density at radius 2 is 1.76 bits per heavy atom. The minimum atomic E-state index is -0.417. The third-order valence-corrected chi connectivity index (χ3v) is 6.80. The molecule has 3 aromatic carbocycles. The third kappa shape index (κ3) is 3.31. The van der Waals surface area contributed by atoms with Crippen molar-refractivity contribution in [2.24, 2.45) is 0 Å². The van der Waals surface area contributed by atoms with Crippen LogP contribution in [0.2, 0.25) is 0 Å². The number of halogens is 1. The maximum atomic E-state index is 11.0. The van der Waals surface area contributed by atoms with E-state index in [0.29, 0.717) is 15.8 Å². The van der Waals surface area contributed by atoms with Crippen molar-refractivity contribution in [3.05, 3.63) is 87.4 Å². The highest BCUT2D eigenvalue weighted by molar-refractivity contribution is 9.10. The molecule has 0 aliphatic carbocycles. The first kappa shape index (κ1) is 19.8. The number of benzene rings is 3. The number of nitrogens with one attached hydrogen (secondary N) is 1. The lowest BCUT2D eigenvalue weighted by atomic mass is 10.0. The molecule has 0 unspecified atom stereocenters. The second kappa shape index (κ2) is 7.61. The van der Waals surface area contributed by atoms with Crippen molar-refractivity contribution in [1.29, 1.82) is 0 Å². The van der Waals surface area contributed by atoms with E-state index in [1.807, 2.05) is 30.3 Å². The zero-order valence-electron chi connectivity index (χ0n) is 16.8. The van der Waals surface area contributed by atoms with Gasteiger partial charge in [0.25, 0.3) is 5.69 Å². The van der Waals surface area contributed by atoms with Gasteiger partial charge in [0.1, 0.15) is 5.01 Å². The number of nitro groups is 1. The molecule has 6 aromatic rings. The Morgan fingerprint density at radius 3 is 2.52 bits per heavy atom. The van der Waals surface area contributed by atoms with E-state index in [0.717, 1.165) is 37.8 Å². The van der Waals surface area contributed by atoms with Gasteiger partial charge < -0.3 is 4.98 Å². The van der Waals surface area contributed by atoms with Gasteiger partial charge in [-0.15, -0.1) is 10.2 Å². The molecule has 0 aliphatic heterocycles. The number of nitro benzene ring substituents is 1. The summed E-state index contributed by atoms with van der Waals surface area (Å²) in [5.74, 6) is 0.598. The Labute approximate surface area is 198 Å². The molecule has 0 fully saturated rings. The highest BCUT2D eigenvalue weighted by Crippen LogP contribution is 2.39. The number of hydrogen-bond acceptors (Lipinski definition) is 6. The van der Waals surface area contributed by atoms with Crippen LogP contribution in [0.15, 0.2) is 77.3 Å². The number of hydrogen-bond donors (Lipinski definition) is 1. The molecule has 0 radical (unpaired) electrons. The summed E-state index contributed by atoms with van der Waals surface area (Å²) in [6, 6.07) is 22.6. The van der Waals surface area contributed by atoms with Crippen LogP contribution < -0.4 is 0 Å². The number of aromatic nitrogens is 5.